The van der Waals surface area contributed by atoms with Crippen LogP contribution in [0.4, 0.5) is 0 Å². The Balaban J connectivity index is 1.49. The first kappa shape index (κ1) is 27.5. The van der Waals surface area contributed by atoms with Gasteiger partial charge in [-0.2, -0.15) is 0 Å². The van der Waals surface area contributed by atoms with Gasteiger partial charge in [0.05, 0.1) is 13.2 Å². The summed E-state index contributed by atoms with van der Waals surface area (Å²) in [6.07, 6.45) is 11.4. The minimum absolute atomic E-state index is 0.100. The van der Waals surface area contributed by atoms with Crippen molar-refractivity contribution in [3.8, 4) is 29.1 Å². The Bertz CT molecular complexity index is 967. The molecule has 6 nitrogen and oxygen atoms in total. The van der Waals surface area contributed by atoms with E-state index in [0.29, 0.717) is 24.5 Å². The van der Waals surface area contributed by atoms with Crippen LogP contribution in [0.15, 0.2) is 61.2 Å². The quantitative estimate of drug-likeness (QED) is 0.112. The number of carbonyl (C=O) groups excluding carboxylic acids is 2. The van der Waals surface area contributed by atoms with Gasteiger partial charge in [0.25, 0.3) is 0 Å². The molecule has 0 radical (unpaired) electrons. The molecule has 6 heteroatoms. The highest BCUT2D eigenvalue weighted by atomic mass is 16.5. The lowest BCUT2D eigenvalue weighted by atomic mass is 10.1. The molecule has 0 saturated heterocycles. The zero-order valence-corrected chi connectivity index (χ0v) is 20.2. The standard InChI is InChI=1S/C29H34O6/c1-2-28(31)34-23-11-9-7-5-3-4-6-8-10-22-33-26-17-12-24(13-18-26)14-21-29(32)35-27-19-15-25(30)16-20-27/h2,12-13,15-20,30H,1,3-11,22-23H2. The summed E-state index contributed by atoms with van der Waals surface area (Å²) in [5.74, 6) is 5.41. The van der Waals surface area contributed by atoms with Crippen molar-refractivity contribution in [2.45, 2.75) is 57.8 Å². The molecule has 0 spiro atoms. The molecule has 0 bridgehead atoms. The molecule has 1 N–H and O–H groups in total. The Labute approximate surface area is 207 Å². The summed E-state index contributed by atoms with van der Waals surface area (Å²) in [5, 5.41) is 9.24. The maximum absolute atomic E-state index is 11.8. The van der Waals surface area contributed by atoms with E-state index >= 15 is 0 Å². The summed E-state index contributed by atoms with van der Waals surface area (Å²) in [6.45, 7) is 4.53. The van der Waals surface area contributed by atoms with Crippen LogP contribution in [0.1, 0.15) is 63.4 Å². The number of aromatic hydroxyl groups is 1. The predicted octanol–water partition coefficient (Wildman–Crippen LogP) is 5.97. The lowest BCUT2D eigenvalue weighted by Crippen LogP contribution is -2.04. The fourth-order valence-corrected chi connectivity index (χ4v) is 3.27. The lowest BCUT2D eigenvalue weighted by molar-refractivity contribution is -0.137. The van der Waals surface area contributed by atoms with Gasteiger partial charge in [-0.1, -0.05) is 57.4 Å². The molecule has 0 saturated carbocycles. The Morgan fingerprint density at radius 2 is 1.31 bits per heavy atom. The second-order valence-corrected chi connectivity index (χ2v) is 8.06. The third-order valence-electron chi connectivity index (χ3n) is 5.18. The molecule has 0 atom stereocenters. The molecule has 35 heavy (non-hydrogen) atoms. The summed E-state index contributed by atoms with van der Waals surface area (Å²) in [7, 11) is 0. The van der Waals surface area contributed by atoms with Crippen molar-refractivity contribution in [2.75, 3.05) is 13.2 Å². The SMILES string of the molecule is C=CC(=O)OCCCCCCCCCCCOc1ccc(C#CC(=O)Oc2ccc(O)cc2)cc1. The molecule has 0 aliphatic rings. The van der Waals surface area contributed by atoms with Crippen LogP contribution in [0, 0.1) is 11.8 Å². The van der Waals surface area contributed by atoms with Crippen LogP contribution in [0.5, 0.6) is 17.2 Å². The van der Waals surface area contributed by atoms with Crippen molar-refractivity contribution < 1.29 is 28.9 Å². The minimum atomic E-state index is -0.664. The number of carbonyl (C=O) groups is 2. The normalized spacial score (nSPS) is 10.1. The molecule has 2 aromatic rings. The van der Waals surface area contributed by atoms with Gasteiger partial charge in [-0.05, 0) is 61.4 Å². The average molecular weight is 479 g/mol. The zero-order chi connectivity index (χ0) is 25.1. The van der Waals surface area contributed by atoms with Gasteiger partial charge in [0.15, 0.2) is 0 Å². The Morgan fingerprint density at radius 1 is 0.771 bits per heavy atom. The monoisotopic (exact) mass is 478 g/mol. The molecule has 186 valence electrons. The third kappa shape index (κ3) is 12.9. The highest BCUT2D eigenvalue weighted by molar-refractivity contribution is 5.90. The van der Waals surface area contributed by atoms with Gasteiger partial charge in [-0.3, -0.25) is 0 Å². The van der Waals surface area contributed by atoms with E-state index in [1.807, 2.05) is 12.1 Å². The molecule has 0 heterocycles. The number of phenols is 1. The van der Waals surface area contributed by atoms with Crippen molar-refractivity contribution in [3.05, 3.63) is 66.7 Å². The minimum Gasteiger partial charge on any atom is -0.508 e. The molecule has 0 aromatic heterocycles. The van der Waals surface area contributed by atoms with Gasteiger partial charge in [-0.15, -0.1) is 0 Å². The van der Waals surface area contributed by atoms with E-state index in [1.165, 1.54) is 62.4 Å². The van der Waals surface area contributed by atoms with Gasteiger partial charge >= 0.3 is 11.9 Å². The molecule has 0 fully saturated rings. The van der Waals surface area contributed by atoms with Crippen LogP contribution in [-0.4, -0.2) is 30.3 Å². The van der Waals surface area contributed by atoms with Gasteiger partial charge in [-0.25, -0.2) is 9.59 Å². The van der Waals surface area contributed by atoms with Crippen LogP contribution in [0.25, 0.3) is 0 Å². The maximum Gasteiger partial charge on any atom is 0.390 e. The van der Waals surface area contributed by atoms with Gasteiger partial charge in [0, 0.05) is 17.6 Å². The topological polar surface area (TPSA) is 82.1 Å². The number of ether oxygens (including phenoxy) is 3. The highest BCUT2D eigenvalue weighted by Crippen LogP contribution is 2.16. The smallest absolute Gasteiger partial charge is 0.390 e. The first-order valence-electron chi connectivity index (χ1n) is 12.1. The molecular formula is C29H34O6. The summed E-state index contributed by atoms with van der Waals surface area (Å²) < 4.78 is 15.8. The molecule has 0 aliphatic heterocycles. The van der Waals surface area contributed by atoms with Crippen molar-refractivity contribution in [3.63, 3.8) is 0 Å². The first-order chi connectivity index (χ1) is 17.1. The zero-order valence-electron chi connectivity index (χ0n) is 20.2. The summed E-state index contributed by atoms with van der Waals surface area (Å²) >= 11 is 0. The van der Waals surface area contributed by atoms with E-state index in [-0.39, 0.29) is 11.7 Å². The first-order valence-corrected chi connectivity index (χ1v) is 12.1. The van der Waals surface area contributed by atoms with Crippen molar-refractivity contribution in [1.29, 1.82) is 0 Å². The molecule has 0 unspecified atom stereocenters. The average Bonchev–Trinajstić information content (AvgIpc) is 2.87. The summed E-state index contributed by atoms with van der Waals surface area (Å²) in [4.78, 5) is 22.7. The van der Waals surface area contributed by atoms with E-state index in [1.54, 1.807) is 12.1 Å². The molecule has 0 amide bonds. The molecule has 0 aliphatic carbocycles. The van der Waals surface area contributed by atoms with Gasteiger partial charge < -0.3 is 19.3 Å². The highest BCUT2D eigenvalue weighted by Gasteiger charge is 2.01. The number of unbranched alkanes of at least 4 members (excludes halogenated alkanes) is 8. The lowest BCUT2D eigenvalue weighted by Gasteiger charge is -2.06. The van der Waals surface area contributed by atoms with E-state index in [4.69, 9.17) is 14.2 Å². The number of phenolic OH excluding ortho intramolecular Hbond substituents is 1. The van der Waals surface area contributed by atoms with Crippen molar-refractivity contribution in [1.82, 2.24) is 0 Å². The second-order valence-electron chi connectivity index (χ2n) is 8.06. The Hall–Kier alpha value is -3.72. The predicted molar refractivity (Wildman–Crippen MR) is 135 cm³/mol. The Morgan fingerprint density at radius 3 is 1.91 bits per heavy atom. The van der Waals surface area contributed by atoms with Crippen molar-refractivity contribution in [2.24, 2.45) is 0 Å². The summed E-state index contributed by atoms with van der Waals surface area (Å²) in [6, 6.07) is 13.2. The van der Waals surface area contributed by atoms with Crippen LogP contribution >= 0.6 is 0 Å². The number of rotatable bonds is 15. The number of hydrogen-bond acceptors (Lipinski definition) is 6. The summed E-state index contributed by atoms with van der Waals surface area (Å²) in [5.41, 5.74) is 0.692. The fraction of sp³-hybridized carbons (Fsp3) is 0.379. The van der Waals surface area contributed by atoms with Crippen molar-refractivity contribution >= 4 is 11.9 Å². The molecule has 2 rings (SSSR count). The van der Waals surface area contributed by atoms with Crippen LogP contribution < -0.4 is 9.47 Å². The molecular weight excluding hydrogens is 444 g/mol. The van der Waals surface area contributed by atoms with E-state index < -0.39 is 5.97 Å². The van der Waals surface area contributed by atoms with Crippen LogP contribution in [-0.2, 0) is 14.3 Å². The Kier molecular flexibility index (Phi) is 13.2. The number of hydrogen-bond donors (Lipinski definition) is 1. The third-order valence-corrected chi connectivity index (χ3v) is 5.18. The largest absolute Gasteiger partial charge is 0.508 e. The maximum atomic E-state index is 11.8. The number of benzene rings is 2. The number of esters is 2. The second kappa shape index (κ2) is 16.8. The van der Waals surface area contributed by atoms with Crippen LogP contribution in [0.3, 0.4) is 0 Å². The van der Waals surface area contributed by atoms with E-state index in [0.717, 1.165) is 31.4 Å². The van der Waals surface area contributed by atoms with E-state index in [2.05, 4.69) is 18.4 Å². The van der Waals surface area contributed by atoms with E-state index in [9.17, 15) is 14.7 Å². The van der Waals surface area contributed by atoms with Gasteiger partial charge in [0.2, 0.25) is 0 Å². The van der Waals surface area contributed by atoms with Crippen LogP contribution in [0.2, 0.25) is 0 Å². The van der Waals surface area contributed by atoms with Gasteiger partial charge in [0.1, 0.15) is 17.2 Å². The molecule has 2 aromatic carbocycles. The fourth-order valence-electron chi connectivity index (χ4n) is 3.27.